The number of hydrogen-bond donors (Lipinski definition) is 2. The number of rotatable bonds is 7. The Bertz CT molecular complexity index is 681. The number of pyridine rings is 1. The maximum Gasteiger partial charge on any atom is 0.192 e. The lowest BCUT2D eigenvalue weighted by atomic mass is 10.2. The van der Waals surface area contributed by atoms with Crippen LogP contribution in [0.25, 0.3) is 0 Å². The highest BCUT2D eigenvalue weighted by Gasteiger charge is 1.99. The van der Waals surface area contributed by atoms with Crippen LogP contribution in [-0.4, -0.2) is 24.0 Å². The maximum absolute atomic E-state index is 5.72. The van der Waals surface area contributed by atoms with Gasteiger partial charge in [-0.2, -0.15) is 0 Å². The van der Waals surface area contributed by atoms with Gasteiger partial charge in [-0.15, -0.1) is 30.4 Å². The smallest absolute Gasteiger partial charge is 0.192 e. The minimum absolute atomic E-state index is 0. The highest BCUT2D eigenvalue weighted by atomic mass is 127. The molecule has 2 N–H and O–H groups in total. The first kappa shape index (κ1) is 20.8. The summed E-state index contributed by atoms with van der Waals surface area (Å²) in [6.07, 6.45) is 7.01. The summed E-state index contributed by atoms with van der Waals surface area (Å²) in [6, 6.07) is 13.7. The molecule has 5 nitrogen and oxygen atoms in total. The minimum atomic E-state index is 0. The fourth-order valence-corrected chi connectivity index (χ4v) is 1.98. The van der Waals surface area contributed by atoms with E-state index >= 15 is 0 Å². The molecule has 0 radical (unpaired) electrons. The summed E-state index contributed by atoms with van der Waals surface area (Å²) in [5, 5.41) is 6.21. The van der Waals surface area contributed by atoms with E-state index in [-0.39, 0.29) is 24.0 Å². The normalized spacial score (nSPS) is 10.3. The Morgan fingerprint density at radius 2 is 2.00 bits per heavy atom. The van der Waals surface area contributed by atoms with E-state index in [1.165, 1.54) is 0 Å². The molecule has 0 aliphatic rings. The topological polar surface area (TPSA) is 58.5 Å². The van der Waals surface area contributed by atoms with Gasteiger partial charge in [-0.05, 0) is 36.8 Å². The van der Waals surface area contributed by atoms with Gasteiger partial charge in [0.1, 0.15) is 12.4 Å². The lowest BCUT2D eigenvalue weighted by Crippen LogP contribution is -2.37. The second-order valence-corrected chi connectivity index (χ2v) is 5.01. The number of aromatic nitrogens is 1. The molecule has 0 aliphatic carbocycles. The first-order chi connectivity index (χ1) is 11.8. The van der Waals surface area contributed by atoms with Crippen molar-refractivity contribution in [1.82, 2.24) is 15.6 Å². The van der Waals surface area contributed by atoms with Gasteiger partial charge in [0.2, 0.25) is 0 Å². The molecular weight excluding hydrogens is 427 g/mol. The van der Waals surface area contributed by atoms with Crippen LogP contribution in [0.5, 0.6) is 5.75 Å². The van der Waals surface area contributed by atoms with Crippen LogP contribution in [0.1, 0.15) is 18.2 Å². The molecule has 0 spiro atoms. The fourth-order valence-electron chi connectivity index (χ4n) is 1.98. The number of hydrogen-bond acceptors (Lipinski definition) is 3. The third kappa shape index (κ3) is 7.90. The van der Waals surface area contributed by atoms with Gasteiger partial charge in [-0.1, -0.05) is 24.1 Å². The highest BCUT2D eigenvalue weighted by molar-refractivity contribution is 14.0. The van der Waals surface area contributed by atoms with E-state index < -0.39 is 0 Å². The van der Waals surface area contributed by atoms with Crippen molar-refractivity contribution < 1.29 is 4.74 Å². The summed E-state index contributed by atoms with van der Waals surface area (Å²) < 4.78 is 5.72. The van der Waals surface area contributed by atoms with Gasteiger partial charge in [0.25, 0.3) is 0 Å². The van der Waals surface area contributed by atoms with E-state index in [1.54, 1.807) is 6.20 Å². The Hall–Kier alpha value is -2.27. The molecule has 0 bridgehead atoms. The van der Waals surface area contributed by atoms with Crippen molar-refractivity contribution in [2.45, 2.75) is 20.1 Å². The average Bonchev–Trinajstić information content (AvgIpc) is 2.64. The van der Waals surface area contributed by atoms with Crippen LogP contribution in [0.3, 0.4) is 0 Å². The van der Waals surface area contributed by atoms with Crippen molar-refractivity contribution in [1.29, 1.82) is 0 Å². The molecule has 0 fully saturated rings. The standard InChI is InChI=1S/C19H22N4O.HI/c1-3-12-22-19(20-4-2)23-14-16-8-10-18(11-9-16)24-15-17-7-5-6-13-21-17;/h1,5-11,13H,4,12,14-15H2,2H3,(H2,20,22,23);1H. The SMILES string of the molecule is C#CCNC(=NCc1ccc(OCc2ccccn2)cc1)NCC.I. The van der Waals surface area contributed by atoms with Crippen molar-refractivity contribution in [2.24, 2.45) is 4.99 Å². The number of benzene rings is 1. The quantitative estimate of drug-likeness (QED) is 0.295. The van der Waals surface area contributed by atoms with Crippen LogP contribution in [0.15, 0.2) is 53.7 Å². The van der Waals surface area contributed by atoms with E-state index in [9.17, 15) is 0 Å². The van der Waals surface area contributed by atoms with Gasteiger partial charge < -0.3 is 15.4 Å². The van der Waals surface area contributed by atoms with Crippen LogP contribution in [0, 0.1) is 12.3 Å². The molecule has 0 aliphatic heterocycles. The predicted molar refractivity (Wildman–Crippen MR) is 112 cm³/mol. The van der Waals surface area contributed by atoms with Gasteiger partial charge in [-0.25, -0.2) is 4.99 Å². The first-order valence-corrected chi connectivity index (χ1v) is 7.89. The zero-order chi connectivity index (χ0) is 17.0. The van der Waals surface area contributed by atoms with E-state index in [0.29, 0.717) is 25.7 Å². The number of halogens is 1. The van der Waals surface area contributed by atoms with Crippen LogP contribution >= 0.6 is 24.0 Å². The van der Waals surface area contributed by atoms with E-state index in [1.807, 2.05) is 49.4 Å². The van der Waals surface area contributed by atoms with Gasteiger partial charge in [0.05, 0.1) is 18.8 Å². The first-order valence-electron chi connectivity index (χ1n) is 7.89. The van der Waals surface area contributed by atoms with Crippen molar-refractivity contribution in [3.8, 4) is 18.1 Å². The third-order valence-electron chi connectivity index (χ3n) is 3.16. The zero-order valence-electron chi connectivity index (χ0n) is 14.2. The molecule has 2 aromatic rings. The molecule has 0 saturated carbocycles. The zero-order valence-corrected chi connectivity index (χ0v) is 16.6. The molecular formula is C19H23IN4O. The summed E-state index contributed by atoms with van der Waals surface area (Å²) in [6.45, 7) is 4.28. The second kappa shape index (κ2) is 12.1. The van der Waals surface area contributed by atoms with Crippen molar-refractivity contribution >= 4 is 29.9 Å². The molecule has 6 heteroatoms. The molecule has 1 heterocycles. The predicted octanol–water partition coefficient (Wildman–Crippen LogP) is 2.97. The largest absolute Gasteiger partial charge is 0.487 e. The number of nitrogens with one attached hydrogen (secondary N) is 2. The Morgan fingerprint density at radius 1 is 1.20 bits per heavy atom. The molecule has 0 unspecified atom stereocenters. The number of terminal acetylenes is 1. The van der Waals surface area contributed by atoms with E-state index in [0.717, 1.165) is 23.6 Å². The van der Waals surface area contributed by atoms with Crippen LogP contribution in [0.2, 0.25) is 0 Å². The molecule has 1 aromatic heterocycles. The third-order valence-corrected chi connectivity index (χ3v) is 3.16. The Balaban J connectivity index is 0.00000312. The molecule has 0 saturated heterocycles. The lowest BCUT2D eigenvalue weighted by Gasteiger charge is -2.09. The fraction of sp³-hybridized carbons (Fsp3) is 0.263. The minimum Gasteiger partial charge on any atom is -0.487 e. The van der Waals surface area contributed by atoms with Gasteiger partial charge >= 0.3 is 0 Å². The highest BCUT2D eigenvalue weighted by Crippen LogP contribution is 2.14. The number of guanidine groups is 1. The van der Waals surface area contributed by atoms with Crippen LogP contribution < -0.4 is 15.4 Å². The summed E-state index contributed by atoms with van der Waals surface area (Å²) in [5.41, 5.74) is 2.00. The molecule has 0 amide bonds. The van der Waals surface area contributed by atoms with Gasteiger partial charge in [0, 0.05) is 12.7 Å². The van der Waals surface area contributed by atoms with E-state index in [2.05, 4.69) is 26.5 Å². The van der Waals surface area contributed by atoms with Crippen molar-refractivity contribution in [3.05, 3.63) is 59.9 Å². The summed E-state index contributed by atoms with van der Waals surface area (Å²) >= 11 is 0. The molecule has 25 heavy (non-hydrogen) atoms. The van der Waals surface area contributed by atoms with E-state index in [4.69, 9.17) is 11.2 Å². The summed E-state index contributed by atoms with van der Waals surface area (Å²) in [4.78, 5) is 8.72. The molecule has 2 rings (SSSR count). The monoisotopic (exact) mass is 450 g/mol. The Morgan fingerprint density at radius 3 is 2.64 bits per heavy atom. The van der Waals surface area contributed by atoms with Gasteiger partial charge in [0.15, 0.2) is 5.96 Å². The lowest BCUT2D eigenvalue weighted by molar-refractivity contribution is 0.301. The number of nitrogens with zero attached hydrogens (tertiary/aromatic N) is 2. The summed E-state index contributed by atoms with van der Waals surface area (Å²) in [5.74, 6) is 4.06. The van der Waals surface area contributed by atoms with Crippen LogP contribution in [-0.2, 0) is 13.2 Å². The second-order valence-electron chi connectivity index (χ2n) is 5.01. The Labute approximate surface area is 166 Å². The average molecular weight is 450 g/mol. The maximum atomic E-state index is 5.72. The van der Waals surface area contributed by atoms with Gasteiger partial charge in [-0.3, -0.25) is 4.98 Å². The number of ether oxygens (including phenoxy) is 1. The van der Waals surface area contributed by atoms with Crippen LogP contribution in [0.4, 0.5) is 0 Å². The molecule has 1 aromatic carbocycles. The van der Waals surface area contributed by atoms with Crippen molar-refractivity contribution in [3.63, 3.8) is 0 Å². The summed E-state index contributed by atoms with van der Waals surface area (Å²) in [7, 11) is 0. The number of aliphatic imine (C=N–C) groups is 1. The molecule has 0 atom stereocenters. The van der Waals surface area contributed by atoms with Crippen molar-refractivity contribution in [2.75, 3.05) is 13.1 Å². The molecule has 132 valence electrons. The Kier molecular flexibility index (Phi) is 10.1.